The summed E-state index contributed by atoms with van der Waals surface area (Å²) < 4.78 is 5.31. The Kier molecular flexibility index (Phi) is 5.48. The number of hydrogen-bond donors (Lipinski definition) is 1. The van der Waals surface area contributed by atoms with E-state index in [4.69, 9.17) is 16.3 Å². The van der Waals surface area contributed by atoms with Crippen LogP contribution in [0.5, 0.6) is 5.75 Å². The number of carbonyl (C=O) groups is 1. The molecule has 0 bridgehead atoms. The lowest BCUT2D eigenvalue weighted by molar-refractivity contribution is 0.0572. The maximum Gasteiger partial charge on any atom is 0.258 e. The minimum atomic E-state index is 0.00106. The molecule has 2 atom stereocenters. The van der Waals surface area contributed by atoms with Crippen molar-refractivity contribution in [3.05, 3.63) is 28.8 Å². The van der Waals surface area contributed by atoms with Crippen LogP contribution in [-0.2, 0) is 0 Å². The molecule has 2 unspecified atom stereocenters. The number of benzene rings is 1. The molecule has 0 saturated carbocycles. The summed E-state index contributed by atoms with van der Waals surface area (Å²) >= 11 is 6.04. The van der Waals surface area contributed by atoms with Crippen molar-refractivity contribution in [1.29, 1.82) is 0 Å². The van der Waals surface area contributed by atoms with Gasteiger partial charge in [-0.2, -0.15) is 0 Å². The third-order valence-electron chi connectivity index (χ3n) is 4.12. The smallest absolute Gasteiger partial charge is 0.258 e. The molecule has 1 saturated heterocycles. The molecule has 0 aliphatic carbocycles. The topological polar surface area (TPSA) is 41.6 Å². The first kappa shape index (κ1) is 16.1. The summed E-state index contributed by atoms with van der Waals surface area (Å²) in [5, 5.41) is 4.05. The van der Waals surface area contributed by atoms with Gasteiger partial charge in [0.05, 0.1) is 12.7 Å². The molecule has 0 radical (unpaired) electrons. The third-order valence-corrected chi connectivity index (χ3v) is 4.35. The van der Waals surface area contributed by atoms with Crippen LogP contribution in [-0.4, -0.2) is 43.1 Å². The van der Waals surface area contributed by atoms with E-state index in [1.165, 1.54) is 0 Å². The van der Waals surface area contributed by atoms with Crippen LogP contribution < -0.4 is 10.1 Å². The molecule has 4 nitrogen and oxygen atoms in total. The average molecular weight is 311 g/mol. The van der Waals surface area contributed by atoms with E-state index >= 15 is 0 Å². The van der Waals surface area contributed by atoms with Crippen LogP contribution >= 0.6 is 11.6 Å². The minimum absolute atomic E-state index is 0.00106. The van der Waals surface area contributed by atoms with Gasteiger partial charge in [0.1, 0.15) is 5.75 Å². The summed E-state index contributed by atoms with van der Waals surface area (Å²) in [5.74, 6) is 0.576. The molecule has 1 N–H and O–H groups in total. The second-order valence-electron chi connectivity index (χ2n) is 5.38. The highest BCUT2D eigenvalue weighted by Gasteiger charge is 2.31. The summed E-state index contributed by atoms with van der Waals surface area (Å²) in [6.45, 7) is 5.80. The molecule has 5 heteroatoms. The largest absolute Gasteiger partial charge is 0.496 e. The van der Waals surface area contributed by atoms with Gasteiger partial charge in [-0.3, -0.25) is 4.79 Å². The minimum Gasteiger partial charge on any atom is -0.496 e. The molecule has 1 aliphatic heterocycles. The van der Waals surface area contributed by atoms with Gasteiger partial charge in [0, 0.05) is 30.2 Å². The first-order valence-electron chi connectivity index (χ1n) is 7.48. The number of carbonyl (C=O) groups excluding carboxylic acids is 1. The van der Waals surface area contributed by atoms with Crippen molar-refractivity contribution in [2.75, 3.05) is 20.2 Å². The summed E-state index contributed by atoms with van der Waals surface area (Å²) in [4.78, 5) is 14.9. The van der Waals surface area contributed by atoms with E-state index in [0.717, 1.165) is 25.9 Å². The van der Waals surface area contributed by atoms with Crippen LogP contribution in [0.25, 0.3) is 0 Å². The lowest BCUT2D eigenvalue weighted by atomic mass is 10.0. The van der Waals surface area contributed by atoms with Crippen LogP contribution in [0.1, 0.15) is 37.0 Å². The predicted octanol–water partition coefficient (Wildman–Crippen LogP) is 2.95. The van der Waals surface area contributed by atoms with E-state index in [9.17, 15) is 4.79 Å². The van der Waals surface area contributed by atoms with Crippen molar-refractivity contribution in [2.45, 2.75) is 38.8 Å². The monoisotopic (exact) mass is 310 g/mol. The van der Waals surface area contributed by atoms with Gasteiger partial charge in [0.2, 0.25) is 0 Å². The predicted molar refractivity (Wildman–Crippen MR) is 85.2 cm³/mol. The number of halogens is 1. The second-order valence-corrected chi connectivity index (χ2v) is 5.81. The second kappa shape index (κ2) is 7.14. The number of ether oxygens (including phenoxy) is 1. The van der Waals surface area contributed by atoms with Crippen LogP contribution in [0.2, 0.25) is 5.02 Å². The highest BCUT2D eigenvalue weighted by Crippen LogP contribution is 2.26. The van der Waals surface area contributed by atoms with E-state index in [0.29, 0.717) is 22.4 Å². The number of piperazine rings is 1. The Labute approximate surface area is 131 Å². The number of methoxy groups -OCH3 is 1. The van der Waals surface area contributed by atoms with Crippen molar-refractivity contribution in [3.63, 3.8) is 0 Å². The van der Waals surface area contributed by atoms with Gasteiger partial charge in [-0.05, 0) is 31.0 Å². The Morgan fingerprint density at radius 3 is 2.81 bits per heavy atom. The van der Waals surface area contributed by atoms with E-state index in [-0.39, 0.29) is 11.9 Å². The fourth-order valence-corrected chi connectivity index (χ4v) is 2.92. The summed E-state index contributed by atoms with van der Waals surface area (Å²) in [7, 11) is 1.57. The molecule has 2 rings (SSSR count). The SMILES string of the molecule is CCC1CN(C(=O)c2cc(Cl)ccc2OC)C(CC)CN1. The Morgan fingerprint density at radius 2 is 2.19 bits per heavy atom. The summed E-state index contributed by atoms with van der Waals surface area (Å²) in [6.07, 6.45) is 1.94. The molecule has 21 heavy (non-hydrogen) atoms. The highest BCUT2D eigenvalue weighted by atomic mass is 35.5. The van der Waals surface area contributed by atoms with Gasteiger partial charge in [-0.1, -0.05) is 25.4 Å². The van der Waals surface area contributed by atoms with Crippen molar-refractivity contribution >= 4 is 17.5 Å². The molecule has 1 aliphatic rings. The molecule has 0 aromatic heterocycles. The van der Waals surface area contributed by atoms with Gasteiger partial charge < -0.3 is 15.0 Å². The fraction of sp³-hybridized carbons (Fsp3) is 0.562. The molecule has 1 aromatic rings. The standard InChI is InChI=1S/C16H23ClN2O2/c1-4-12-10-19(13(5-2)9-18-12)16(20)14-8-11(17)6-7-15(14)21-3/h6-8,12-13,18H,4-5,9-10H2,1-3H3. The Morgan fingerprint density at radius 1 is 1.43 bits per heavy atom. The van der Waals surface area contributed by atoms with Gasteiger partial charge in [-0.25, -0.2) is 0 Å². The van der Waals surface area contributed by atoms with Crippen LogP contribution in [0.3, 0.4) is 0 Å². The lowest BCUT2D eigenvalue weighted by Gasteiger charge is -2.40. The molecule has 0 spiro atoms. The fourth-order valence-electron chi connectivity index (χ4n) is 2.75. The van der Waals surface area contributed by atoms with Crippen molar-refractivity contribution < 1.29 is 9.53 Å². The first-order chi connectivity index (χ1) is 10.1. The molecular formula is C16H23ClN2O2. The number of rotatable bonds is 4. The quantitative estimate of drug-likeness (QED) is 0.929. The zero-order valence-electron chi connectivity index (χ0n) is 12.9. The van der Waals surface area contributed by atoms with Gasteiger partial charge >= 0.3 is 0 Å². The number of hydrogen-bond acceptors (Lipinski definition) is 3. The van der Waals surface area contributed by atoms with Crippen LogP contribution in [0.15, 0.2) is 18.2 Å². The van der Waals surface area contributed by atoms with E-state index in [1.807, 2.05) is 4.90 Å². The lowest BCUT2D eigenvalue weighted by Crippen LogP contribution is -2.57. The van der Waals surface area contributed by atoms with Gasteiger partial charge in [-0.15, -0.1) is 0 Å². The molecule has 1 aromatic carbocycles. The molecule has 1 heterocycles. The molecule has 1 fully saturated rings. The number of nitrogens with zero attached hydrogens (tertiary/aromatic N) is 1. The normalized spacial score (nSPS) is 22.2. The molecule has 116 valence electrons. The Hall–Kier alpha value is -1.26. The number of nitrogens with one attached hydrogen (secondary N) is 1. The Balaban J connectivity index is 2.30. The Bertz CT molecular complexity index is 507. The van der Waals surface area contributed by atoms with E-state index in [2.05, 4.69) is 19.2 Å². The van der Waals surface area contributed by atoms with Gasteiger partial charge in [0.25, 0.3) is 5.91 Å². The summed E-state index contributed by atoms with van der Waals surface area (Å²) in [5.41, 5.74) is 0.542. The summed E-state index contributed by atoms with van der Waals surface area (Å²) in [6, 6.07) is 5.74. The van der Waals surface area contributed by atoms with Gasteiger partial charge in [0.15, 0.2) is 0 Å². The average Bonchev–Trinajstić information content (AvgIpc) is 2.53. The zero-order chi connectivity index (χ0) is 15.4. The first-order valence-corrected chi connectivity index (χ1v) is 7.86. The molecular weight excluding hydrogens is 288 g/mol. The number of amides is 1. The van der Waals surface area contributed by atoms with Crippen molar-refractivity contribution in [3.8, 4) is 5.75 Å². The van der Waals surface area contributed by atoms with E-state index in [1.54, 1.807) is 25.3 Å². The third kappa shape index (κ3) is 3.50. The van der Waals surface area contributed by atoms with E-state index < -0.39 is 0 Å². The zero-order valence-corrected chi connectivity index (χ0v) is 13.6. The molecule has 1 amide bonds. The van der Waals surface area contributed by atoms with Crippen LogP contribution in [0, 0.1) is 0 Å². The highest BCUT2D eigenvalue weighted by molar-refractivity contribution is 6.31. The van der Waals surface area contributed by atoms with Crippen molar-refractivity contribution in [2.24, 2.45) is 0 Å². The van der Waals surface area contributed by atoms with Crippen LogP contribution in [0.4, 0.5) is 0 Å². The maximum absolute atomic E-state index is 12.9. The maximum atomic E-state index is 12.9. The van der Waals surface area contributed by atoms with Crippen molar-refractivity contribution in [1.82, 2.24) is 10.2 Å².